The van der Waals surface area contributed by atoms with Crippen LogP contribution < -0.4 is 16.2 Å². The molecule has 5 aromatic rings. The van der Waals surface area contributed by atoms with Gasteiger partial charge >= 0.3 is 0 Å². The van der Waals surface area contributed by atoms with E-state index in [9.17, 15) is 9.90 Å². The standard InChI is InChI=1S/C29H32N8O2/c1-5-14-36-26(38)21-17-31-27(34-25(21)37(36)24-8-6-7-23(33-24)28(2,3)39)32-20-9-10-22-19(16-20)11-15-35(22)18-29(30-4)12-13-29/h5-11,15-17,30,39H,1,12-14,18H2,2-4H3,(H,31,32,34). The summed E-state index contributed by atoms with van der Waals surface area (Å²) >= 11 is 0. The summed E-state index contributed by atoms with van der Waals surface area (Å²) in [6.07, 6.45) is 7.70. The summed E-state index contributed by atoms with van der Waals surface area (Å²) in [5, 5.41) is 18.7. The molecule has 0 aliphatic heterocycles. The van der Waals surface area contributed by atoms with Crippen molar-refractivity contribution in [1.29, 1.82) is 0 Å². The molecule has 1 aliphatic rings. The first-order valence-electron chi connectivity index (χ1n) is 13.1. The Balaban J connectivity index is 1.38. The molecule has 4 aromatic heterocycles. The van der Waals surface area contributed by atoms with Crippen LogP contribution >= 0.6 is 0 Å². The SMILES string of the molecule is C=CCn1c(=O)c2cnc(Nc3ccc4c(ccn4CC4(NC)CC4)c3)nc2n1-c1cccc(C(C)(C)O)n1. The van der Waals surface area contributed by atoms with E-state index in [1.54, 1.807) is 42.8 Å². The second kappa shape index (κ2) is 9.18. The number of rotatable bonds is 9. The molecule has 10 heteroatoms. The number of nitrogens with zero attached hydrogens (tertiary/aromatic N) is 6. The number of nitrogens with one attached hydrogen (secondary N) is 2. The minimum absolute atomic E-state index is 0.214. The number of allylic oxidation sites excluding steroid dienone is 1. The molecule has 1 aliphatic carbocycles. The van der Waals surface area contributed by atoms with Gasteiger partial charge in [-0.25, -0.2) is 19.3 Å². The number of hydrogen-bond acceptors (Lipinski definition) is 7. The molecular weight excluding hydrogens is 492 g/mol. The van der Waals surface area contributed by atoms with Gasteiger partial charge in [-0.15, -0.1) is 6.58 Å². The summed E-state index contributed by atoms with van der Waals surface area (Å²) in [5.41, 5.74) is 1.73. The highest BCUT2D eigenvalue weighted by atomic mass is 16.3. The van der Waals surface area contributed by atoms with Crippen molar-refractivity contribution >= 4 is 33.6 Å². The molecule has 0 bridgehead atoms. The quantitative estimate of drug-likeness (QED) is 0.251. The van der Waals surface area contributed by atoms with E-state index < -0.39 is 5.60 Å². The average Bonchev–Trinajstić information content (AvgIpc) is 3.51. The molecule has 200 valence electrons. The zero-order chi connectivity index (χ0) is 27.4. The van der Waals surface area contributed by atoms with Crippen molar-refractivity contribution in [3.05, 3.63) is 83.6 Å². The minimum atomic E-state index is -1.14. The molecule has 0 unspecified atom stereocenters. The number of hydrogen-bond donors (Lipinski definition) is 3. The lowest BCUT2D eigenvalue weighted by Crippen LogP contribution is -2.31. The van der Waals surface area contributed by atoms with Gasteiger partial charge in [0.05, 0.1) is 12.2 Å². The smallest absolute Gasteiger partial charge is 0.278 e. The van der Waals surface area contributed by atoms with Crippen LogP contribution in [0.3, 0.4) is 0 Å². The molecule has 39 heavy (non-hydrogen) atoms. The number of fused-ring (bicyclic) bond motifs is 2. The Bertz CT molecular complexity index is 1770. The maximum Gasteiger partial charge on any atom is 0.278 e. The molecule has 3 N–H and O–H groups in total. The largest absolute Gasteiger partial charge is 0.384 e. The molecule has 0 spiro atoms. The Morgan fingerprint density at radius 2 is 2.00 bits per heavy atom. The topological polar surface area (TPSA) is 115 Å². The maximum absolute atomic E-state index is 13.2. The summed E-state index contributed by atoms with van der Waals surface area (Å²) < 4.78 is 5.46. The number of likely N-dealkylation sites (N-methyl/N-ethyl adjacent to an activating group) is 1. The summed E-state index contributed by atoms with van der Waals surface area (Å²) in [7, 11) is 2.03. The van der Waals surface area contributed by atoms with Gasteiger partial charge < -0.3 is 20.3 Å². The predicted octanol–water partition coefficient (Wildman–Crippen LogP) is 3.84. The third-order valence-corrected chi connectivity index (χ3v) is 7.44. The van der Waals surface area contributed by atoms with Crippen molar-refractivity contribution in [2.24, 2.45) is 0 Å². The van der Waals surface area contributed by atoms with Crippen LogP contribution in [0.25, 0.3) is 27.8 Å². The third-order valence-electron chi connectivity index (χ3n) is 7.44. The van der Waals surface area contributed by atoms with Crippen LogP contribution in [0.5, 0.6) is 0 Å². The highest BCUT2D eigenvalue weighted by Crippen LogP contribution is 2.37. The first kappa shape index (κ1) is 25.0. The van der Waals surface area contributed by atoms with Gasteiger partial charge in [-0.1, -0.05) is 12.1 Å². The van der Waals surface area contributed by atoms with Gasteiger partial charge in [0, 0.05) is 41.1 Å². The van der Waals surface area contributed by atoms with Crippen molar-refractivity contribution in [2.45, 2.75) is 50.9 Å². The zero-order valence-electron chi connectivity index (χ0n) is 22.3. The second-order valence-corrected chi connectivity index (χ2v) is 10.7. The maximum atomic E-state index is 13.2. The highest BCUT2D eigenvalue weighted by molar-refractivity contribution is 5.85. The molecule has 0 saturated heterocycles. The fourth-order valence-electron chi connectivity index (χ4n) is 5.00. The van der Waals surface area contributed by atoms with Crippen LogP contribution in [-0.4, -0.2) is 46.6 Å². The summed E-state index contributed by atoms with van der Waals surface area (Å²) in [4.78, 5) is 27.0. The van der Waals surface area contributed by atoms with Gasteiger partial charge in [0.15, 0.2) is 11.5 Å². The molecule has 0 radical (unpaired) electrons. The van der Waals surface area contributed by atoms with E-state index in [0.717, 1.165) is 17.6 Å². The van der Waals surface area contributed by atoms with Crippen LogP contribution in [0.15, 0.2) is 72.3 Å². The summed E-state index contributed by atoms with van der Waals surface area (Å²) in [5.74, 6) is 0.822. The number of anilines is 2. The first-order chi connectivity index (χ1) is 18.7. The lowest BCUT2D eigenvalue weighted by Gasteiger charge is -2.18. The third kappa shape index (κ3) is 4.51. The Kier molecular flexibility index (Phi) is 5.89. The molecule has 6 rings (SSSR count). The number of pyridine rings is 1. The number of aliphatic hydroxyl groups is 1. The predicted molar refractivity (Wildman–Crippen MR) is 153 cm³/mol. The fourth-order valence-corrected chi connectivity index (χ4v) is 5.00. The van der Waals surface area contributed by atoms with Gasteiger partial charge in [-0.05, 0) is 70.1 Å². The van der Waals surface area contributed by atoms with Crippen LogP contribution in [0.2, 0.25) is 0 Å². The van der Waals surface area contributed by atoms with Crippen LogP contribution in [0.4, 0.5) is 11.6 Å². The van der Waals surface area contributed by atoms with E-state index in [1.165, 1.54) is 29.2 Å². The normalized spacial score (nSPS) is 14.7. The van der Waals surface area contributed by atoms with Crippen molar-refractivity contribution < 1.29 is 5.11 Å². The Labute approximate surface area is 225 Å². The molecule has 0 amide bonds. The van der Waals surface area contributed by atoms with Crippen molar-refractivity contribution in [3.8, 4) is 5.82 Å². The fraction of sp³-hybridized carbons (Fsp3) is 0.310. The van der Waals surface area contributed by atoms with Gasteiger partial charge in [-0.2, -0.15) is 4.98 Å². The van der Waals surface area contributed by atoms with E-state index in [-0.39, 0.29) is 17.6 Å². The van der Waals surface area contributed by atoms with Crippen LogP contribution in [-0.2, 0) is 18.7 Å². The number of aromatic nitrogens is 6. The van der Waals surface area contributed by atoms with E-state index >= 15 is 0 Å². The van der Waals surface area contributed by atoms with Crippen molar-refractivity contribution in [1.82, 2.24) is 34.2 Å². The molecule has 1 aromatic carbocycles. The summed E-state index contributed by atoms with van der Waals surface area (Å²) in [6, 6.07) is 13.6. The van der Waals surface area contributed by atoms with E-state index in [2.05, 4.69) is 56.1 Å². The minimum Gasteiger partial charge on any atom is -0.384 e. The molecule has 1 fully saturated rings. The average molecular weight is 525 g/mol. The Morgan fingerprint density at radius 1 is 1.18 bits per heavy atom. The molecule has 1 saturated carbocycles. The molecular formula is C29H32N8O2. The second-order valence-electron chi connectivity index (χ2n) is 10.7. The molecule has 0 atom stereocenters. The van der Waals surface area contributed by atoms with E-state index in [0.29, 0.717) is 28.5 Å². The lowest BCUT2D eigenvalue weighted by molar-refractivity contribution is 0.0738. The summed E-state index contributed by atoms with van der Waals surface area (Å²) in [6.45, 7) is 8.34. The Morgan fingerprint density at radius 3 is 2.72 bits per heavy atom. The van der Waals surface area contributed by atoms with E-state index in [1.807, 2.05) is 13.1 Å². The van der Waals surface area contributed by atoms with Crippen LogP contribution in [0.1, 0.15) is 32.4 Å². The van der Waals surface area contributed by atoms with Gasteiger partial charge in [0.25, 0.3) is 5.56 Å². The van der Waals surface area contributed by atoms with Gasteiger partial charge in [-0.3, -0.25) is 4.79 Å². The number of benzene rings is 1. The zero-order valence-corrected chi connectivity index (χ0v) is 22.3. The van der Waals surface area contributed by atoms with E-state index in [4.69, 9.17) is 4.98 Å². The van der Waals surface area contributed by atoms with Gasteiger partial charge in [0.1, 0.15) is 11.0 Å². The monoisotopic (exact) mass is 524 g/mol. The molecule has 4 heterocycles. The van der Waals surface area contributed by atoms with Crippen molar-refractivity contribution in [2.75, 3.05) is 12.4 Å². The Hall–Kier alpha value is -4.28. The highest BCUT2D eigenvalue weighted by Gasteiger charge is 2.41. The van der Waals surface area contributed by atoms with Crippen molar-refractivity contribution in [3.63, 3.8) is 0 Å². The first-order valence-corrected chi connectivity index (χ1v) is 13.1. The van der Waals surface area contributed by atoms with Crippen LogP contribution in [0, 0.1) is 0 Å². The molecule has 10 nitrogen and oxygen atoms in total. The lowest BCUT2D eigenvalue weighted by atomic mass is 10.1. The van der Waals surface area contributed by atoms with Gasteiger partial charge in [0.2, 0.25) is 5.95 Å².